The highest BCUT2D eigenvalue weighted by atomic mass is 16.3. The highest BCUT2D eigenvalue weighted by Gasteiger charge is 2.67. The van der Waals surface area contributed by atoms with Gasteiger partial charge in [0, 0.05) is 24.2 Å². The molecule has 5 aliphatic rings. The second kappa shape index (κ2) is 8.22. The van der Waals surface area contributed by atoms with Gasteiger partial charge in [-0.3, -0.25) is 9.78 Å². The van der Waals surface area contributed by atoms with Crippen molar-refractivity contribution in [3.8, 4) is 11.1 Å². The third-order valence-electron chi connectivity index (χ3n) is 11.4. The number of hydrogen-bond acceptors (Lipinski definition) is 4. The van der Waals surface area contributed by atoms with E-state index in [1.54, 1.807) is 6.08 Å². The zero-order valence-corrected chi connectivity index (χ0v) is 21.7. The monoisotopic (exact) mass is 495 g/mol. The van der Waals surface area contributed by atoms with Crippen molar-refractivity contribution in [1.29, 1.82) is 0 Å². The Bertz CT molecular complexity index is 1310. The number of ketones is 1. The molecule has 0 bridgehead atoms. The van der Waals surface area contributed by atoms with Gasteiger partial charge in [-0.05, 0) is 108 Å². The van der Waals surface area contributed by atoms with Crippen LogP contribution in [-0.4, -0.2) is 33.2 Å². The lowest BCUT2D eigenvalue weighted by atomic mass is 9.39. The third-order valence-corrected chi connectivity index (χ3v) is 11.4. The molecular formula is C33H37NO3. The van der Waals surface area contributed by atoms with Crippen molar-refractivity contribution in [3.05, 3.63) is 77.7 Å². The summed E-state index contributed by atoms with van der Waals surface area (Å²) >= 11 is 0. The molecule has 1 aromatic carbocycles. The van der Waals surface area contributed by atoms with E-state index in [1.165, 1.54) is 22.3 Å². The van der Waals surface area contributed by atoms with E-state index in [1.807, 2.05) is 30.6 Å². The molecule has 192 valence electrons. The van der Waals surface area contributed by atoms with Gasteiger partial charge in [0.25, 0.3) is 0 Å². The first kappa shape index (κ1) is 23.5. The summed E-state index contributed by atoms with van der Waals surface area (Å²) in [4.78, 5) is 16.9. The fraction of sp³-hybridized carbons (Fsp3) is 0.515. The van der Waals surface area contributed by atoms with Crippen LogP contribution in [0.1, 0.15) is 68.9 Å². The average Bonchev–Trinajstić information content (AvgIpc) is 3.18. The Morgan fingerprint density at radius 3 is 2.84 bits per heavy atom. The molecule has 1 heterocycles. The number of nitrogens with zero attached hydrogens (tertiary/aromatic N) is 1. The van der Waals surface area contributed by atoms with Crippen LogP contribution in [0.15, 0.2) is 66.5 Å². The summed E-state index contributed by atoms with van der Waals surface area (Å²) in [5, 5.41) is 21.5. The lowest BCUT2D eigenvalue weighted by Gasteiger charge is -2.65. The number of aliphatic hydroxyl groups is 2. The Kier molecular flexibility index (Phi) is 5.23. The molecule has 7 rings (SSSR count). The molecule has 5 aliphatic carbocycles. The van der Waals surface area contributed by atoms with E-state index in [4.69, 9.17) is 0 Å². The number of allylic oxidation sites excluding steroid dienone is 1. The Balaban J connectivity index is 1.40. The van der Waals surface area contributed by atoms with Gasteiger partial charge in [-0.1, -0.05) is 48.9 Å². The minimum atomic E-state index is -0.884. The third kappa shape index (κ3) is 3.21. The van der Waals surface area contributed by atoms with E-state index in [9.17, 15) is 15.0 Å². The average molecular weight is 496 g/mol. The van der Waals surface area contributed by atoms with Gasteiger partial charge in [0.1, 0.15) is 0 Å². The molecule has 1 aromatic heterocycles. The summed E-state index contributed by atoms with van der Waals surface area (Å²) in [6, 6.07) is 11.1. The second-order valence-electron chi connectivity index (χ2n) is 12.7. The SMILES string of the molecule is C[C@]12CC3c4ccc(-c5cccnc5)cc4C[C@]45CCC(=O)C=C4CC[C@H](C35)[C@@H]1CCC2(O)C=CCO. The summed E-state index contributed by atoms with van der Waals surface area (Å²) in [5.41, 5.74) is 5.56. The quantitative estimate of drug-likeness (QED) is 0.529. The van der Waals surface area contributed by atoms with Crippen LogP contribution in [0.2, 0.25) is 0 Å². The maximum Gasteiger partial charge on any atom is 0.155 e. The van der Waals surface area contributed by atoms with Crippen molar-refractivity contribution in [3.63, 3.8) is 0 Å². The normalized spacial score (nSPS) is 40.0. The number of carbonyl (C=O) groups is 1. The summed E-state index contributed by atoms with van der Waals surface area (Å²) in [5.74, 6) is 2.21. The Hall–Kier alpha value is -2.56. The number of rotatable bonds is 3. The first-order valence-electron chi connectivity index (χ1n) is 14.2. The van der Waals surface area contributed by atoms with E-state index >= 15 is 0 Å². The molecule has 2 N–H and O–H groups in total. The number of hydrogen-bond donors (Lipinski definition) is 2. The molecule has 7 atom stereocenters. The predicted octanol–water partition coefficient (Wildman–Crippen LogP) is 5.79. The van der Waals surface area contributed by atoms with Crippen LogP contribution in [0.5, 0.6) is 0 Å². The summed E-state index contributed by atoms with van der Waals surface area (Å²) in [6.07, 6.45) is 16.9. The molecule has 0 saturated heterocycles. The molecule has 3 fully saturated rings. The van der Waals surface area contributed by atoms with Gasteiger partial charge in [-0.25, -0.2) is 0 Å². The number of fused-ring (bicyclic) bond motifs is 4. The minimum absolute atomic E-state index is 0.0379. The van der Waals surface area contributed by atoms with E-state index < -0.39 is 5.60 Å². The summed E-state index contributed by atoms with van der Waals surface area (Å²) in [6.45, 7) is 2.28. The van der Waals surface area contributed by atoms with Crippen LogP contribution in [0.25, 0.3) is 11.1 Å². The Labute approximate surface area is 219 Å². The van der Waals surface area contributed by atoms with Crippen molar-refractivity contribution in [2.75, 3.05) is 6.61 Å². The molecule has 1 spiro atoms. The number of pyridine rings is 1. The zero-order chi connectivity index (χ0) is 25.4. The van der Waals surface area contributed by atoms with E-state index in [0.29, 0.717) is 35.9 Å². The van der Waals surface area contributed by atoms with Crippen LogP contribution in [0.3, 0.4) is 0 Å². The summed E-state index contributed by atoms with van der Waals surface area (Å²) < 4.78 is 0. The van der Waals surface area contributed by atoms with Crippen LogP contribution >= 0.6 is 0 Å². The van der Waals surface area contributed by atoms with E-state index in [-0.39, 0.29) is 17.4 Å². The highest BCUT2D eigenvalue weighted by molar-refractivity contribution is 5.91. The molecule has 2 aromatic rings. The fourth-order valence-corrected chi connectivity index (χ4v) is 9.88. The van der Waals surface area contributed by atoms with Crippen molar-refractivity contribution >= 4 is 5.78 Å². The molecule has 0 amide bonds. The van der Waals surface area contributed by atoms with Crippen LogP contribution < -0.4 is 0 Å². The molecule has 3 saturated carbocycles. The van der Waals surface area contributed by atoms with Gasteiger partial charge in [0.2, 0.25) is 0 Å². The van der Waals surface area contributed by atoms with Crippen LogP contribution in [-0.2, 0) is 11.2 Å². The van der Waals surface area contributed by atoms with Gasteiger partial charge in [-0.15, -0.1) is 0 Å². The number of benzene rings is 1. The van der Waals surface area contributed by atoms with Crippen LogP contribution in [0.4, 0.5) is 0 Å². The van der Waals surface area contributed by atoms with Crippen molar-refractivity contribution in [2.45, 2.75) is 69.8 Å². The molecule has 3 unspecified atom stereocenters. The van der Waals surface area contributed by atoms with Crippen LogP contribution in [0, 0.1) is 28.6 Å². The smallest absolute Gasteiger partial charge is 0.155 e. The first-order valence-corrected chi connectivity index (χ1v) is 14.2. The topological polar surface area (TPSA) is 70.4 Å². The molecule has 4 heteroatoms. The molecular weight excluding hydrogens is 458 g/mol. The van der Waals surface area contributed by atoms with Gasteiger partial charge >= 0.3 is 0 Å². The van der Waals surface area contributed by atoms with Crippen molar-refractivity contribution < 1.29 is 15.0 Å². The van der Waals surface area contributed by atoms with Crippen molar-refractivity contribution in [2.24, 2.45) is 28.6 Å². The maximum atomic E-state index is 12.6. The fourth-order valence-electron chi connectivity index (χ4n) is 9.88. The standard InChI is InChI=1S/C33H37NO3/c1-31-19-28-26-7-5-21(22-4-2-14-34-20-22)16-23(26)18-32-12-9-25(36)17-24(32)6-8-27(30(28)32)29(31)10-13-33(31,37)11-3-15-35/h2-5,7,11,14,16-17,20,27-30,35,37H,6,8-10,12-13,15,18-19H2,1H3/t27-,28?,29-,30?,31-,32+,33?/m0/s1. The largest absolute Gasteiger partial charge is 0.392 e. The lowest BCUT2D eigenvalue weighted by molar-refractivity contribution is -0.128. The zero-order valence-electron chi connectivity index (χ0n) is 21.7. The van der Waals surface area contributed by atoms with Gasteiger partial charge in [-0.2, -0.15) is 0 Å². The summed E-state index contributed by atoms with van der Waals surface area (Å²) in [7, 11) is 0. The minimum Gasteiger partial charge on any atom is -0.392 e. The molecule has 37 heavy (non-hydrogen) atoms. The molecule has 4 nitrogen and oxygen atoms in total. The predicted molar refractivity (Wildman–Crippen MR) is 144 cm³/mol. The second-order valence-corrected chi connectivity index (χ2v) is 12.7. The van der Waals surface area contributed by atoms with E-state index in [2.05, 4.69) is 36.2 Å². The van der Waals surface area contributed by atoms with Gasteiger partial charge in [0.15, 0.2) is 5.78 Å². The Morgan fingerprint density at radius 1 is 1.14 bits per heavy atom. The maximum absolute atomic E-state index is 12.6. The number of carbonyl (C=O) groups excluding carboxylic acids is 1. The highest BCUT2D eigenvalue weighted by Crippen LogP contribution is 2.73. The Morgan fingerprint density at radius 2 is 2.03 bits per heavy atom. The van der Waals surface area contributed by atoms with Crippen molar-refractivity contribution in [1.82, 2.24) is 4.98 Å². The first-order chi connectivity index (χ1) is 17.9. The van der Waals surface area contributed by atoms with Gasteiger partial charge in [0.05, 0.1) is 12.2 Å². The van der Waals surface area contributed by atoms with Gasteiger partial charge < -0.3 is 10.2 Å². The van der Waals surface area contributed by atoms with E-state index in [0.717, 1.165) is 50.5 Å². The molecule has 0 radical (unpaired) electrons. The number of aliphatic hydroxyl groups excluding tert-OH is 1. The molecule has 0 aliphatic heterocycles. The lowest BCUT2D eigenvalue weighted by Crippen LogP contribution is -2.59. The number of aromatic nitrogens is 1.